The molecule has 4 heteroatoms. The van der Waals surface area contributed by atoms with E-state index in [2.05, 4.69) is 30.7 Å². The van der Waals surface area contributed by atoms with Gasteiger partial charge >= 0.3 is 11.1 Å². The zero-order chi connectivity index (χ0) is 11.9. The number of aromatic amines is 2. The minimum atomic E-state index is -0.615. The van der Waals surface area contributed by atoms with Crippen molar-refractivity contribution in [1.82, 2.24) is 9.97 Å². The van der Waals surface area contributed by atoms with Crippen LogP contribution in [0.1, 0.15) is 26.3 Å². The van der Waals surface area contributed by atoms with E-state index in [4.69, 9.17) is 0 Å². The van der Waals surface area contributed by atoms with Gasteiger partial charge in [-0.2, -0.15) is 0 Å². The van der Waals surface area contributed by atoms with Gasteiger partial charge in [0, 0.05) is 0 Å². The Balaban J connectivity index is 2.77. The molecule has 16 heavy (non-hydrogen) atoms. The zero-order valence-corrected chi connectivity index (χ0v) is 9.55. The Morgan fingerprint density at radius 1 is 0.938 bits per heavy atom. The summed E-state index contributed by atoms with van der Waals surface area (Å²) in [4.78, 5) is 27.4. The molecule has 0 saturated heterocycles. The Morgan fingerprint density at radius 2 is 1.50 bits per heavy atom. The molecule has 1 heterocycles. The average Bonchev–Trinajstić information content (AvgIpc) is 2.17. The van der Waals surface area contributed by atoms with Crippen molar-refractivity contribution >= 4 is 11.0 Å². The highest BCUT2D eigenvalue weighted by atomic mass is 16.2. The summed E-state index contributed by atoms with van der Waals surface area (Å²) in [6.45, 7) is 6.29. The van der Waals surface area contributed by atoms with E-state index in [0.29, 0.717) is 11.0 Å². The van der Waals surface area contributed by atoms with Crippen LogP contribution in [0.2, 0.25) is 0 Å². The summed E-state index contributed by atoms with van der Waals surface area (Å²) in [6, 6.07) is 5.66. The second kappa shape index (κ2) is 3.33. The molecule has 0 fully saturated rings. The third-order valence-electron chi connectivity index (χ3n) is 2.59. The van der Waals surface area contributed by atoms with Gasteiger partial charge in [-0.1, -0.05) is 26.8 Å². The monoisotopic (exact) mass is 218 g/mol. The molecule has 0 amide bonds. The number of benzene rings is 1. The largest absolute Gasteiger partial charge is 0.316 e. The summed E-state index contributed by atoms with van der Waals surface area (Å²) in [6.07, 6.45) is 0. The highest BCUT2D eigenvalue weighted by molar-refractivity contribution is 5.74. The first-order valence-corrected chi connectivity index (χ1v) is 5.15. The lowest BCUT2D eigenvalue weighted by Crippen LogP contribution is -2.29. The number of H-pyrrole nitrogens is 2. The van der Waals surface area contributed by atoms with Crippen molar-refractivity contribution < 1.29 is 0 Å². The number of rotatable bonds is 0. The van der Waals surface area contributed by atoms with Gasteiger partial charge in [0.25, 0.3) is 0 Å². The fourth-order valence-corrected chi connectivity index (χ4v) is 1.58. The number of fused-ring (bicyclic) bond motifs is 1. The van der Waals surface area contributed by atoms with Crippen molar-refractivity contribution in [2.75, 3.05) is 0 Å². The van der Waals surface area contributed by atoms with Crippen LogP contribution in [0.25, 0.3) is 11.0 Å². The molecule has 0 saturated carbocycles. The zero-order valence-electron chi connectivity index (χ0n) is 9.55. The standard InChI is InChI=1S/C12H14N2O2/c1-12(2,3)7-4-5-8-9(6-7)14-11(16)10(15)13-8/h4-6H,1-3H3,(H,13,15)(H,14,16). The lowest BCUT2D eigenvalue weighted by atomic mass is 9.87. The van der Waals surface area contributed by atoms with E-state index in [1.54, 1.807) is 0 Å². The maximum atomic E-state index is 11.2. The molecule has 1 aromatic carbocycles. The summed E-state index contributed by atoms with van der Waals surface area (Å²) in [5.74, 6) is 0. The SMILES string of the molecule is CC(C)(C)c1ccc2[nH]c(=O)c(=O)[nH]c2c1. The molecule has 0 bridgehead atoms. The van der Waals surface area contributed by atoms with Crippen molar-refractivity contribution in [2.45, 2.75) is 26.2 Å². The van der Waals surface area contributed by atoms with E-state index >= 15 is 0 Å². The van der Waals surface area contributed by atoms with E-state index in [9.17, 15) is 9.59 Å². The van der Waals surface area contributed by atoms with Crippen molar-refractivity contribution in [1.29, 1.82) is 0 Å². The van der Waals surface area contributed by atoms with Crippen LogP contribution in [-0.4, -0.2) is 9.97 Å². The maximum Gasteiger partial charge on any atom is 0.314 e. The first kappa shape index (κ1) is 10.7. The van der Waals surface area contributed by atoms with Crippen LogP contribution in [0, 0.1) is 0 Å². The molecule has 0 spiro atoms. The fraction of sp³-hybridized carbons (Fsp3) is 0.333. The van der Waals surface area contributed by atoms with Crippen LogP contribution >= 0.6 is 0 Å². The molecule has 1 aromatic heterocycles. The van der Waals surface area contributed by atoms with Crippen LogP contribution in [0.15, 0.2) is 27.8 Å². The molecule has 2 rings (SSSR count). The van der Waals surface area contributed by atoms with Gasteiger partial charge in [0.15, 0.2) is 0 Å². The second-order valence-electron chi connectivity index (χ2n) is 4.92. The predicted octanol–water partition coefficient (Wildman–Crippen LogP) is 1.51. The average molecular weight is 218 g/mol. The van der Waals surface area contributed by atoms with Crippen molar-refractivity contribution in [2.24, 2.45) is 0 Å². The Bertz CT molecular complexity index is 644. The van der Waals surface area contributed by atoms with Crippen molar-refractivity contribution in [3.63, 3.8) is 0 Å². The van der Waals surface area contributed by atoms with Crippen LogP contribution in [0.3, 0.4) is 0 Å². The molecule has 0 aliphatic carbocycles. The first-order valence-electron chi connectivity index (χ1n) is 5.15. The van der Waals surface area contributed by atoms with E-state index in [0.717, 1.165) is 5.56 Å². The Kier molecular flexibility index (Phi) is 2.22. The van der Waals surface area contributed by atoms with Gasteiger partial charge in [-0.05, 0) is 23.1 Å². The molecule has 0 radical (unpaired) electrons. The van der Waals surface area contributed by atoms with Crippen LogP contribution < -0.4 is 11.1 Å². The molecule has 0 unspecified atom stereocenters. The molecule has 4 nitrogen and oxygen atoms in total. The van der Waals surface area contributed by atoms with Gasteiger partial charge in [-0.25, -0.2) is 0 Å². The topological polar surface area (TPSA) is 65.7 Å². The number of aromatic nitrogens is 2. The van der Waals surface area contributed by atoms with Gasteiger partial charge in [0.05, 0.1) is 11.0 Å². The summed E-state index contributed by atoms with van der Waals surface area (Å²) in [7, 11) is 0. The first-order chi connectivity index (χ1) is 7.38. The Hall–Kier alpha value is -1.84. The van der Waals surface area contributed by atoms with E-state index < -0.39 is 11.1 Å². The van der Waals surface area contributed by atoms with Crippen LogP contribution in [0.5, 0.6) is 0 Å². The second-order valence-corrected chi connectivity index (χ2v) is 4.92. The summed E-state index contributed by atoms with van der Waals surface area (Å²) >= 11 is 0. The van der Waals surface area contributed by atoms with Crippen molar-refractivity contribution in [3.8, 4) is 0 Å². The van der Waals surface area contributed by atoms with Crippen LogP contribution in [-0.2, 0) is 5.41 Å². The highest BCUT2D eigenvalue weighted by Gasteiger charge is 2.14. The molecular weight excluding hydrogens is 204 g/mol. The molecule has 0 atom stereocenters. The van der Waals surface area contributed by atoms with Crippen LogP contribution in [0.4, 0.5) is 0 Å². The van der Waals surface area contributed by atoms with E-state index in [1.807, 2.05) is 18.2 Å². The van der Waals surface area contributed by atoms with Crippen molar-refractivity contribution in [3.05, 3.63) is 44.5 Å². The summed E-state index contributed by atoms with van der Waals surface area (Å²) < 4.78 is 0. The third kappa shape index (κ3) is 1.78. The molecule has 84 valence electrons. The minimum Gasteiger partial charge on any atom is -0.316 e. The summed E-state index contributed by atoms with van der Waals surface area (Å²) in [5.41, 5.74) is 1.22. The lowest BCUT2D eigenvalue weighted by molar-refractivity contribution is 0.591. The number of hydrogen-bond acceptors (Lipinski definition) is 2. The van der Waals surface area contributed by atoms with Gasteiger partial charge in [0.2, 0.25) is 0 Å². The van der Waals surface area contributed by atoms with E-state index in [-0.39, 0.29) is 5.41 Å². The predicted molar refractivity (Wildman–Crippen MR) is 63.9 cm³/mol. The Morgan fingerprint density at radius 3 is 2.06 bits per heavy atom. The quantitative estimate of drug-likeness (QED) is 0.658. The molecule has 2 N–H and O–H groups in total. The Labute approximate surface area is 92.3 Å². The smallest absolute Gasteiger partial charge is 0.314 e. The van der Waals surface area contributed by atoms with Gasteiger partial charge < -0.3 is 9.97 Å². The number of hydrogen-bond donors (Lipinski definition) is 2. The minimum absolute atomic E-state index is 0.0151. The highest BCUT2D eigenvalue weighted by Crippen LogP contribution is 2.23. The van der Waals surface area contributed by atoms with Gasteiger partial charge in [0.1, 0.15) is 0 Å². The molecule has 0 aliphatic rings. The molecule has 2 aromatic rings. The normalized spacial score (nSPS) is 11.9. The summed E-state index contributed by atoms with van der Waals surface area (Å²) in [5, 5.41) is 0. The lowest BCUT2D eigenvalue weighted by Gasteiger charge is -2.19. The maximum absolute atomic E-state index is 11.2. The molecular formula is C12H14N2O2. The third-order valence-corrected chi connectivity index (χ3v) is 2.59. The fourth-order valence-electron chi connectivity index (χ4n) is 1.58. The molecule has 0 aliphatic heterocycles. The number of nitrogens with one attached hydrogen (secondary N) is 2. The van der Waals surface area contributed by atoms with Gasteiger partial charge in [-0.3, -0.25) is 9.59 Å². The van der Waals surface area contributed by atoms with Gasteiger partial charge in [-0.15, -0.1) is 0 Å². The van der Waals surface area contributed by atoms with E-state index in [1.165, 1.54) is 0 Å².